The number of hydrazine groups is 1. The Morgan fingerprint density at radius 1 is 1.30 bits per heavy atom. The van der Waals surface area contributed by atoms with Crippen LogP contribution >= 0.6 is 0 Å². The molecule has 7 N–H and O–H groups in total. The fourth-order valence-corrected chi connectivity index (χ4v) is 5.60. The summed E-state index contributed by atoms with van der Waals surface area (Å²) in [4.78, 5) is 21.6. The number of carbonyl (C=O) groups is 1. The first-order valence-electron chi connectivity index (χ1n) is 10.8. The van der Waals surface area contributed by atoms with Crippen molar-refractivity contribution in [2.45, 2.75) is 50.4 Å². The van der Waals surface area contributed by atoms with Gasteiger partial charge < -0.3 is 21.1 Å². The van der Waals surface area contributed by atoms with Crippen molar-refractivity contribution in [2.24, 2.45) is 17.1 Å². The molecule has 5 rings (SSSR count). The summed E-state index contributed by atoms with van der Waals surface area (Å²) in [5, 5.41) is 3.63. The molecular formula is C20H32N8O2. The van der Waals surface area contributed by atoms with E-state index in [0.717, 1.165) is 38.1 Å². The highest BCUT2D eigenvalue weighted by atomic mass is 16.5. The molecule has 10 nitrogen and oxygen atoms in total. The molecule has 4 saturated heterocycles. The Bertz CT molecular complexity index is 814. The molecule has 4 fully saturated rings. The Hall–Kier alpha value is -1.82. The lowest BCUT2D eigenvalue weighted by Gasteiger charge is -2.49. The van der Waals surface area contributed by atoms with Gasteiger partial charge in [-0.2, -0.15) is 0 Å². The molecule has 4 aliphatic heterocycles. The number of ether oxygens (including phenoxy) is 1. The van der Waals surface area contributed by atoms with Crippen LogP contribution in [0.3, 0.4) is 0 Å². The highest BCUT2D eigenvalue weighted by molar-refractivity contribution is 5.82. The lowest BCUT2D eigenvalue weighted by Crippen LogP contribution is -2.70. The van der Waals surface area contributed by atoms with Gasteiger partial charge >= 0.3 is 0 Å². The van der Waals surface area contributed by atoms with Crippen molar-refractivity contribution in [1.82, 2.24) is 31.0 Å². The summed E-state index contributed by atoms with van der Waals surface area (Å²) < 4.78 is 5.84. The third-order valence-electron chi connectivity index (χ3n) is 7.59. The van der Waals surface area contributed by atoms with Crippen molar-refractivity contribution >= 4 is 11.7 Å². The summed E-state index contributed by atoms with van der Waals surface area (Å²) in [6.45, 7) is 4.57. The summed E-state index contributed by atoms with van der Waals surface area (Å²) in [5.74, 6) is 0.295. The number of aromatic nitrogens is 1. The topological polar surface area (TPSA) is 134 Å². The maximum atomic E-state index is 13.4. The normalized spacial score (nSPS) is 38.9. The molecule has 0 aliphatic carbocycles. The molecule has 5 heterocycles. The number of pyridine rings is 1. The Kier molecular flexibility index (Phi) is 4.96. The van der Waals surface area contributed by atoms with Crippen molar-refractivity contribution in [3.8, 4) is 0 Å². The summed E-state index contributed by atoms with van der Waals surface area (Å²) >= 11 is 0. The number of rotatable bonds is 2. The Morgan fingerprint density at radius 2 is 2.07 bits per heavy atom. The van der Waals surface area contributed by atoms with E-state index in [4.69, 9.17) is 16.2 Å². The number of nitrogen functional groups attached to an aromatic ring is 1. The fraction of sp³-hybridized carbons (Fsp3) is 0.700. The van der Waals surface area contributed by atoms with Crippen LogP contribution in [0.15, 0.2) is 18.3 Å². The molecule has 30 heavy (non-hydrogen) atoms. The van der Waals surface area contributed by atoms with Gasteiger partial charge in [-0.15, -0.1) is 0 Å². The lowest BCUT2D eigenvalue weighted by atomic mass is 9.73. The lowest BCUT2D eigenvalue weighted by molar-refractivity contribution is -0.151. The van der Waals surface area contributed by atoms with Gasteiger partial charge in [0.05, 0.1) is 30.8 Å². The Balaban J connectivity index is 1.29. The van der Waals surface area contributed by atoms with Crippen LogP contribution in [0.4, 0.5) is 5.82 Å². The number of hydrogen-bond donors (Lipinski definition) is 5. The number of nitrogens with zero attached hydrogens (tertiary/aromatic N) is 3. The minimum absolute atomic E-state index is 0.0647. The van der Waals surface area contributed by atoms with Crippen LogP contribution in [0.5, 0.6) is 0 Å². The summed E-state index contributed by atoms with van der Waals surface area (Å²) in [5.41, 5.74) is 19.9. The predicted molar refractivity (Wildman–Crippen MR) is 111 cm³/mol. The zero-order valence-electron chi connectivity index (χ0n) is 17.5. The minimum Gasteiger partial charge on any atom is -0.384 e. The zero-order chi connectivity index (χ0) is 21.0. The number of nitrogens with one attached hydrogen (secondary N) is 3. The maximum Gasteiger partial charge on any atom is 0.232 e. The van der Waals surface area contributed by atoms with E-state index in [1.54, 1.807) is 6.20 Å². The second-order valence-corrected chi connectivity index (χ2v) is 9.21. The van der Waals surface area contributed by atoms with Crippen molar-refractivity contribution in [1.29, 1.82) is 0 Å². The van der Waals surface area contributed by atoms with Gasteiger partial charge in [0.25, 0.3) is 0 Å². The van der Waals surface area contributed by atoms with Gasteiger partial charge in [-0.1, -0.05) is 0 Å². The molecule has 0 bridgehead atoms. The van der Waals surface area contributed by atoms with Crippen molar-refractivity contribution in [3.05, 3.63) is 23.9 Å². The van der Waals surface area contributed by atoms with Crippen molar-refractivity contribution in [2.75, 3.05) is 32.5 Å². The summed E-state index contributed by atoms with van der Waals surface area (Å²) in [6, 6.07) is 3.63. The number of hydrogen-bond acceptors (Lipinski definition) is 9. The van der Waals surface area contributed by atoms with Gasteiger partial charge in [0.2, 0.25) is 5.91 Å². The smallest absolute Gasteiger partial charge is 0.232 e. The molecule has 1 aromatic rings. The van der Waals surface area contributed by atoms with Crippen LogP contribution in [-0.4, -0.2) is 72.0 Å². The molecule has 4 aliphatic rings. The zero-order valence-corrected chi connectivity index (χ0v) is 17.5. The van der Waals surface area contributed by atoms with Crippen LogP contribution in [0, 0.1) is 11.3 Å². The average molecular weight is 417 g/mol. The Labute approximate surface area is 176 Å². The fourth-order valence-electron chi connectivity index (χ4n) is 5.60. The molecular weight excluding hydrogens is 384 g/mol. The molecule has 6 atom stereocenters. The standard InChI is InChI=1S/C20H32N8O2/c1-11-16(22)20(10-30-11)4-7-28(8-5-20)19-24-17-14(18(29)27(19)2)15(25-26-17)12-3-6-23-13(21)9-12/h3,6,9,11,14-17,19,24-26H,4-5,7-8,10,22H2,1-2H3,(H2,21,23)/t11-,14?,15?,16+,17?,19?/m0/s1. The average Bonchev–Trinajstić information content (AvgIpc) is 3.29. The SMILES string of the molecule is C[C@@H]1OCC2(CCN(C3NC4NNC(c5ccnc(N)c5)C4C(=O)N3C)CC2)[C@@H]1N. The van der Waals surface area contributed by atoms with Gasteiger partial charge in [0.1, 0.15) is 12.1 Å². The highest BCUT2D eigenvalue weighted by Crippen LogP contribution is 2.42. The first kappa shape index (κ1) is 20.1. The minimum atomic E-state index is -0.262. The van der Waals surface area contributed by atoms with Crippen LogP contribution in [0.1, 0.15) is 31.4 Å². The molecule has 164 valence electrons. The molecule has 1 aromatic heterocycles. The number of anilines is 1. The van der Waals surface area contributed by atoms with E-state index in [0.29, 0.717) is 5.82 Å². The van der Waals surface area contributed by atoms with E-state index in [1.165, 1.54) is 0 Å². The quantitative estimate of drug-likeness (QED) is 0.408. The predicted octanol–water partition coefficient (Wildman–Crippen LogP) is -1.07. The summed E-state index contributed by atoms with van der Waals surface area (Å²) in [7, 11) is 1.88. The second kappa shape index (κ2) is 7.40. The van der Waals surface area contributed by atoms with Gasteiger partial charge in [-0.25, -0.2) is 15.8 Å². The van der Waals surface area contributed by atoms with E-state index in [2.05, 4.69) is 33.0 Å². The van der Waals surface area contributed by atoms with Gasteiger partial charge in [-0.05, 0) is 37.5 Å². The number of likely N-dealkylation sites (tertiary alicyclic amines) is 1. The summed E-state index contributed by atoms with van der Waals surface area (Å²) in [6.07, 6.45) is 3.44. The first-order valence-corrected chi connectivity index (χ1v) is 10.8. The second-order valence-electron chi connectivity index (χ2n) is 9.21. The van der Waals surface area contributed by atoms with Crippen LogP contribution in [-0.2, 0) is 9.53 Å². The molecule has 4 unspecified atom stereocenters. The van der Waals surface area contributed by atoms with Crippen molar-refractivity contribution in [3.63, 3.8) is 0 Å². The van der Waals surface area contributed by atoms with Gasteiger partial charge in [0.15, 0.2) is 0 Å². The number of nitrogens with two attached hydrogens (primary N) is 2. The van der Waals surface area contributed by atoms with E-state index >= 15 is 0 Å². The number of piperidine rings is 1. The van der Waals surface area contributed by atoms with Gasteiger partial charge in [0, 0.05) is 37.8 Å². The van der Waals surface area contributed by atoms with Crippen molar-refractivity contribution < 1.29 is 9.53 Å². The van der Waals surface area contributed by atoms with E-state index in [9.17, 15) is 4.79 Å². The monoisotopic (exact) mass is 416 g/mol. The third-order valence-corrected chi connectivity index (χ3v) is 7.59. The number of carbonyl (C=O) groups excluding carboxylic acids is 1. The first-order chi connectivity index (χ1) is 14.4. The largest absolute Gasteiger partial charge is 0.384 e. The van der Waals surface area contributed by atoms with Gasteiger partial charge in [-0.3, -0.25) is 15.0 Å². The molecule has 0 aromatic carbocycles. The highest BCUT2D eigenvalue weighted by Gasteiger charge is 2.52. The van der Waals surface area contributed by atoms with Crippen LogP contribution in [0.2, 0.25) is 0 Å². The number of fused-ring (bicyclic) bond motifs is 1. The molecule has 1 amide bonds. The van der Waals surface area contributed by atoms with Crippen LogP contribution < -0.4 is 27.6 Å². The van der Waals surface area contributed by atoms with E-state index < -0.39 is 0 Å². The van der Waals surface area contributed by atoms with Crippen LogP contribution in [0.25, 0.3) is 0 Å². The number of amides is 1. The Morgan fingerprint density at radius 3 is 2.73 bits per heavy atom. The molecule has 0 radical (unpaired) electrons. The third kappa shape index (κ3) is 3.10. The molecule has 10 heteroatoms. The van der Waals surface area contributed by atoms with E-state index in [1.807, 2.05) is 24.1 Å². The molecule has 1 spiro atoms. The maximum absolute atomic E-state index is 13.4. The molecule has 0 saturated carbocycles. The van der Waals surface area contributed by atoms with E-state index in [-0.39, 0.29) is 47.9 Å².